The third kappa shape index (κ3) is 3.95. The number of pyridine rings is 1. The molecule has 0 aliphatic heterocycles. The molecule has 2 aromatic rings. The van der Waals surface area contributed by atoms with E-state index >= 15 is 0 Å². The van der Waals surface area contributed by atoms with Gasteiger partial charge in [0.1, 0.15) is 0 Å². The van der Waals surface area contributed by atoms with Crippen LogP contribution in [-0.2, 0) is 0 Å². The zero-order chi connectivity index (χ0) is 14.6. The number of fused-ring (bicyclic) bond motifs is 1. The van der Waals surface area contributed by atoms with E-state index in [4.69, 9.17) is 0 Å². The Morgan fingerprint density at radius 1 is 1.35 bits per heavy atom. The quantitative estimate of drug-likeness (QED) is 0.755. The zero-order valence-electron chi connectivity index (χ0n) is 12.5. The lowest BCUT2D eigenvalue weighted by Crippen LogP contribution is -2.23. The average molecular weight is 339 g/mol. The van der Waals surface area contributed by atoms with Gasteiger partial charge in [0.05, 0.1) is 4.47 Å². The van der Waals surface area contributed by atoms with Gasteiger partial charge in [-0.1, -0.05) is 40.0 Å². The van der Waals surface area contributed by atoms with Crippen LogP contribution in [0.15, 0.2) is 22.8 Å². The fourth-order valence-corrected chi connectivity index (χ4v) is 2.63. The van der Waals surface area contributed by atoms with Crippen LogP contribution in [0.25, 0.3) is 5.65 Å². The topological polar surface area (TPSA) is 42.2 Å². The van der Waals surface area contributed by atoms with Crippen LogP contribution in [0.1, 0.15) is 46.5 Å². The maximum absolute atomic E-state index is 4.51. The summed E-state index contributed by atoms with van der Waals surface area (Å²) in [6, 6.07) is 3.92. The minimum absolute atomic E-state index is 0.268. The molecule has 0 saturated carbocycles. The van der Waals surface area contributed by atoms with Crippen LogP contribution in [-0.4, -0.2) is 21.1 Å². The summed E-state index contributed by atoms with van der Waals surface area (Å²) in [5.74, 6) is 0.695. The maximum Gasteiger partial charge on any atom is 0.243 e. The minimum atomic E-state index is 0.268. The van der Waals surface area contributed by atoms with E-state index in [0.29, 0.717) is 5.95 Å². The van der Waals surface area contributed by atoms with Crippen LogP contribution in [0.2, 0.25) is 0 Å². The predicted molar refractivity (Wildman–Crippen MR) is 87.1 cm³/mol. The summed E-state index contributed by atoms with van der Waals surface area (Å²) in [4.78, 5) is 4.51. The molecule has 110 valence electrons. The van der Waals surface area contributed by atoms with Gasteiger partial charge >= 0.3 is 0 Å². The molecule has 0 radical (unpaired) electrons. The van der Waals surface area contributed by atoms with E-state index in [0.717, 1.165) is 16.7 Å². The van der Waals surface area contributed by atoms with Gasteiger partial charge in [-0.3, -0.25) is 0 Å². The first-order chi connectivity index (χ1) is 9.52. The van der Waals surface area contributed by atoms with Gasteiger partial charge in [0.2, 0.25) is 5.95 Å². The highest BCUT2D eigenvalue weighted by atomic mass is 79.9. The van der Waals surface area contributed by atoms with Crippen molar-refractivity contribution in [1.82, 2.24) is 14.6 Å². The van der Waals surface area contributed by atoms with E-state index in [1.165, 1.54) is 25.7 Å². The van der Waals surface area contributed by atoms with Gasteiger partial charge in [0.15, 0.2) is 5.65 Å². The molecule has 0 bridgehead atoms. The largest absolute Gasteiger partial charge is 0.352 e. The molecule has 2 aromatic heterocycles. The second kappa shape index (κ2) is 6.57. The second-order valence-electron chi connectivity index (χ2n) is 6.03. The lowest BCUT2D eigenvalue weighted by molar-refractivity contribution is 0.342. The first-order valence-corrected chi connectivity index (χ1v) is 8.06. The smallest absolute Gasteiger partial charge is 0.243 e. The Bertz CT molecular complexity index is 562. The molecule has 2 heterocycles. The SMILES string of the molecule is CCCCCC(C)(C)CNc1nc2c(Br)cccn2n1. The number of nitrogens with zero attached hydrogens (tertiary/aromatic N) is 3. The number of aromatic nitrogens is 3. The molecule has 20 heavy (non-hydrogen) atoms. The van der Waals surface area contributed by atoms with Crippen molar-refractivity contribution in [2.45, 2.75) is 46.5 Å². The van der Waals surface area contributed by atoms with Crippen molar-refractivity contribution in [3.63, 3.8) is 0 Å². The Kier molecular flexibility index (Phi) is 5.02. The molecule has 0 spiro atoms. The number of hydrogen-bond acceptors (Lipinski definition) is 3. The fourth-order valence-electron chi connectivity index (χ4n) is 2.21. The first kappa shape index (κ1) is 15.3. The van der Waals surface area contributed by atoms with Crippen molar-refractivity contribution >= 4 is 27.5 Å². The molecular weight excluding hydrogens is 316 g/mol. The zero-order valence-corrected chi connectivity index (χ0v) is 14.1. The molecule has 1 N–H and O–H groups in total. The molecule has 0 amide bonds. The van der Waals surface area contributed by atoms with Crippen molar-refractivity contribution in [3.05, 3.63) is 22.8 Å². The van der Waals surface area contributed by atoms with Gasteiger partial charge < -0.3 is 5.32 Å². The van der Waals surface area contributed by atoms with Crippen LogP contribution >= 0.6 is 15.9 Å². The number of rotatable bonds is 7. The van der Waals surface area contributed by atoms with Crippen LogP contribution in [0.5, 0.6) is 0 Å². The lowest BCUT2D eigenvalue weighted by Gasteiger charge is -2.24. The van der Waals surface area contributed by atoms with Crippen molar-refractivity contribution < 1.29 is 0 Å². The molecule has 0 atom stereocenters. The number of nitrogens with one attached hydrogen (secondary N) is 1. The molecule has 0 fully saturated rings. The molecule has 0 aromatic carbocycles. The molecule has 0 aliphatic rings. The van der Waals surface area contributed by atoms with Crippen molar-refractivity contribution in [2.75, 3.05) is 11.9 Å². The van der Waals surface area contributed by atoms with Gasteiger partial charge in [0, 0.05) is 12.7 Å². The Balaban J connectivity index is 1.96. The highest BCUT2D eigenvalue weighted by molar-refractivity contribution is 9.10. The van der Waals surface area contributed by atoms with Crippen LogP contribution in [0, 0.1) is 5.41 Å². The van der Waals surface area contributed by atoms with E-state index in [2.05, 4.69) is 52.1 Å². The van der Waals surface area contributed by atoms with Gasteiger partial charge in [-0.05, 0) is 39.9 Å². The summed E-state index contributed by atoms with van der Waals surface area (Å²) in [5.41, 5.74) is 1.11. The number of unbranched alkanes of at least 4 members (excludes halogenated alkanes) is 2. The Morgan fingerprint density at radius 3 is 2.85 bits per heavy atom. The number of hydrogen-bond donors (Lipinski definition) is 1. The van der Waals surface area contributed by atoms with Crippen molar-refractivity contribution in [2.24, 2.45) is 5.41 Å². The third-order valence-electron chi connectivity index (χ3n) is 3.50. The molecular formula is C15H23BrN4. The third-order valence-corrected chi connectivity index (χ3v) is 4.12. The number of anilines is 1. The maximum atomic E-state index is 4.51. The molecule has 5 heteroatoms. The van der Waals surface area contributed by atoms with Crippen LogP contribution in [0.4, 0.5) is 5.95 Å². The standard InChI is InChI=1S/C15H23BrN4/c1-4-5-6-9-15(2,3)11-17-14-18-13-12(16)8-7-10-20(13)19-14/h7-8,10H,4-6,9,11H2,1-3H3,(H,17,19). The summed E-state index contributed by atoms with van der Waals surface area (Å²) in [6.07, 6.45) is 7.00. The Hall–Kier alpha value is -1.10. The summed E-state index contributed by atoms with van der Waals surface area (Å²) in [5, 5.41) is 7.80. The summed E-state index contributed by atoms with van der Waals surface area (Å²) in [6.45, 7) is 7.72. The van der Waals surface area contributed by atoms with Gasteiger partial charge in [-0.25, -0.2) is 4.52 Å². The predicted octanol–water partition coefficient (Wildman–Crippen LogP) is 4.51. The first-order valence-electron chi connectivity index (χ1n) is 7.26. The molecule has 0 saturated heterocycles. The summed E-state index contributed by atoms with van der Waals surface area (Å²) >= 11 is 3.49. The minimum Gasteiger partial charge on any atom is -0.352 e. The Labute approximate surface area is 129 Å². The highest BCUT2D eigenvalue weighted by Crippen LogP contribution is 2.24. The summed E-state index contributed by atoms with van der Waals surface area (Å²) in [7, 11) is 0. The molecule has 0 aliphatic carbocycles. The van der Waals surface area contributed by atoms with Gasteiger partial charge in [0.25, 0.3) is 0 Å². The summed E-state index contributed by atoms with van der Waals surface area (Å²) < 4.78 is 2.75. The van der Waals surface area contributed by atoms with E-state index in [9.17, 15) is 0 Å². The van der Waals surface area contributed by atoms with Crippen LogP contribution < -0.4 is 5.32 Å². The van der Waals surface area contributed by atoms with Gasteiger partial charge in [-0.15, -0.1) is 5.10 Å². The van der Waals surface area contributed by atoms with E-state index in [-0.39, 0.29) is 5.41 Å². The Morgan fingerprint density at radius 2 is 2.15 bits per heavy atom. The molecule has 2 rings (SSSR count). The average Bonchev–Trinajstić information content (AvgIpc) is 2.81. The van der Waals surface area contributed by atoms with E-state index in [1.54, 1.807) is 4.52 Å². The van der Waals surface area contributed by atoms with E-state index in [1.807, 2.05) is 18.3 Å². The van der Waals surface area contributed by atoms with Crippen molar-refractivity contribution in [3.8, 4) is 0 Å². The second-order valence-corrected chi connectivity index (χ2v) is 6.89. The molecule has 0 unspecified atom stereocenters. The van der Waals surface area contributed by atoms with Crippen LogP contribution in [0.3, 0.4) is 0 Å². The fraction of sp³-hybridized carbons (Fsp3) is 0.600. The molecule has 4 nitrogen and oxygen atoms in total. The monoisotopic (exact) mass is 338 g/mol. The lowest BCUT2D eigenvalue weighted by atomic mass is 9.87. The van der Waals surface area contributed by atoms with Crippen molar-refractivity contribution in [1.29, 1.82) is 0 Å². The normalized spacial score (nSPS) is 12.0. The van der Waals surface area contributed by atoms with E-state index < -0.39 is 0 Å². The number of halogens is 1. The van der Waals surface area contributed by atoms with Gasteiger partial charge in [-0.2, -0.15) is 4.98 Å². The highest BCUT2D eigenvalue weighted by Gasteiger charge is 2.18.